The minimum absolute atomic E-state index is 0. The molecule has 1 N–H and O–H groups in total. The molecule has 0 unspecified atom stereocenters. The molecule has 12 heavy (non-hydrogen) atoms. The third kappa shape index (κ3) is 2.93. The van der Waals surface area contributed by atoms with Gasteiger partial charge in [-0.05, 0) is 23.1 Å². The first-order chi connectivity index (χ1) is 5.00. The van der Waals surface area contributed by atoms with E-state index in [0.717, 1.165) is 0 Å². The van der Waals surface area contributed by atoms with Crippen molar-refractivity contribution in [2.75, 3.05) is 0 Å². The Labute approximate surface area is 87.5 Å². The van der Waals surface area contributed by atoms with Gasteiger partial charge in [0.05, 0.1) is 0 Å². The molecular weight excluding hydrogens is 143 g/mol. The topological polar surface area (TPSA) is 20.2 Å². The van der Waals surface area contributed by atoms with Gasteiger partial charge >= 0.3 is 18.9 Å². The van der Waals surface area contributed by atoms with Crippen LogP contribution in [0.15, 0.2) is 24.3 Å². The zero-order chi connectivity index (χ0) is 8.48. The van der Waals surface area contributed by atoms with Crippen LogP contribution in [0.1, 0.15) is 27.8 Å². The Morgan fingerprint density at radius 3 is 1.83 bits per heavy atom. The minimum Gasteiger partial charge on any atom is -1.00 e. The van der Waals surface area contributed by atoms with Crippen LogP contribution >= 0.6 is 0 Å². The summed E-state index contributed by atoms with van der Waals surface area (Å²) < 4.78 is 0. The van der Waals surface area contributed by atoms with Crippen LogP contribution in [-0.2, 0) is 5.41 Å². The Hall–Kier alpha value is -0.383. The number of benzene rings is 1. The molecule has 1 nitrogen and oxygen atoms in total. The first kappa shape index (κ1) is 11.6. The van der Waals surface area contributed by atoms with Crippen LogP contribution in [0.5, 0.6) is 5.75 Å². The molecule has 0 atom stereocenters. The van der Waals surface area contributed by atoms with Gasteiger partial charge in [0.1, 0.15) is 5.75 Å². The number of aromatic hydroxyl groups is 1. The fourth-order valence-corrected chi connectivity index (χ4v) is 0.961. The number of hydrogen-bond donors (Lipinski definition) is 1. The van der Waals surface area contributed by atoms with Gasteiger partial charge in [-0.15, -0.1) is 0 Å². The maximum Gasteiger partial charge on any atom is 1.00 e. The molecule has 0 aromatic heterocycles. The molecule has 1 rings (SSSR count). The molecule has 0 bridgehead atoms. The number of rotatable bonds is 0. The van der Waals surface area contributed by atoms with Gasteiger partial charge in [0.15, 0.2) is 0 Å². The summed E-state index contributed by atoms with van der Waals surface area (Å²) in [5.41, 5.74) is 1.42. The molecule has 0 spiro atoms. The van der Waals surface area contributed by atoms with Crippen molar-refractivity contribution in [3.63, 3.8) is 0 Å². The van der Waals surface area contributed by atoms with Crippen molar-refractivity contribution in [1.82, 2.24) is 0 Å². The van der Waals surface area contributed by atoms with Crippen molar-refractivity contribution in [1.29, 1.82) is 0 Å². The van der Waals surface area contributed by atoms with Gasteiger partial charge in [-0.25, -0.2) is 0 Å². The second-order valence-electron chi connectivity index (χ2n) is 3.80. The summed E-state index contributed by atoms with van der Waals surface area (Å²) in [6, 6.07) is 7.35. The normalized spacial score (nSPS) is 10.6. The van der Waals surface area contributed by atoms with Crippen LogP contribution in [0.3, 0.4) is 0 Å². The Kier molecular flexibility index (Phi) is 3.90. The first-order valence-electron chi connectivity index (χ1n) is 3.79. The van der Waals surface area contributed by atoms with Crippen molar-refractivity contribution in [3.8, 4) is 5.75 Å². The van der Waals surface area contributed by atoms with E-state index in [1.165, 1.54) is 5.56 Å². The van der Waals surface area contributed by atoms with E-state index in [1.807, 2.05) is 12.1 Å². The van der Waals surface area contributed by atoms with E-state index in [9.17, 15) is 0 Å². The summed E-state index contributed by atoms with van der Waals surface area (Å²) in [6.07, 6.45) is 0. The van der Waals surface area contributed by atoms with Gasteiger partial charge < -0.3 is 6.53 Å². The maximum atomic E-state index is 9.02. The van der Waals surface area contributed by atoms with Gasteiger partial charge in [0.25, 0.3) is 0 Å². The summed E-state index contributed by atoms with van der Waals surface area (Å²) in [5, 5.41) is 9.02. The fraction of sp³-hybridized carbons (Fsp3) is 0.400. The zero-order valence-corrected chi connectivity index (χ0v) is 8.26. The molecule has 1 aromatic rings. The van der Waals surface area contributed by atoms with Crippen LogP contribution in [-0.4, -0.2) is 5.11 Å². The van der Waals surface area contributed by atoms with E-state index >= 15 is 0 Å². The molecule has 0 aliphatic carbocycles. The second-order valence-corrected chi connectivity index (χ2v) is 3.80. The zero-order valence-electron chi connectivity index (χ0n) is 9.26. The molecule has 0 amide bonds. The standard InChI is InChI=1S/C10H14O.Li.H/c1-10(2,3)8-4-6-9(11)7-5-8;;/h4-7,11H,1-3H3;;/q;+1;-1. The quantitative estimate of drug-likeness (QED) is 0.519. The molecule has 1 aromatic carbocycles. The van der Waals surface area contributed by atoms with Gasteiger partial charge in [-0.2, -0.15) is 0 Å². The molecule has 2 heteroatoms. The summed E-state index contributed by atoms with van der Waals surface area (Å²) in [4.78, 5) is 0. The van der Waals surface area contributed by atoms with Crippen LogP contribution in [0, 0.1) is 0 Å². The number of phenolic OH excluding ortho intramolecular Hbond substituents is 1. The third-order valence-electron chi connectivity index (χ3n) is 1.73. The van der Waals surface area contributed by atoms with Crippen molar-refractivity contribution < 1.29 is 25.4 Å². The number of hydrogen-bond acceptors (Lipinski definition) is 1. The predicted molar refractivity (Wildman–Crippen MR) is 47.9 cm³/mol. The number of phenols is 1. The molecule has 0 aliphatic heterocycles. The monoisotopic (exact) mass is 158 g/mol. The van der Waals surface area contributed by atoms with Gasteiger partial charge in [-0.1, -0.05) is 32.9 Å². The first-order valence-corrected chi connectivity index (χ1v) is 3.79. The SMILES string of the molecule is CC(C)(C)c1ccc(O)cc1.[H-].[Li+]. The third-order valence-corrected chi connectivity index (χ3v) is 1.73. The van der Waals surface area contributed by atoms with Crippen molar-refractivity contribution in [2.45, 2.75) is 26.2 Å². The van der Waals surface area contributed by atoms with Gasteiger partial charge in [-0.3, -0.25) is 0 Å². The van der Waals surface area contributed by atoms with Crippen molar-refractivity contribution in [3.05, 3.63) is 29.8 Å². The molecular formula is C10H15LiO. The van der Waals surface area contributed by atoms with Crippen LogP contribution in [0.4, 0.5) is 0 Å². The maximum absolute atomic E-state index is 9.02. The summed E-state index contributed by atoms with van der Waals surface area (Å²) >= 11 is 0. The fourth-order valence-electron chi connectivity index (χ4n) is 0.961. The average Bonchev–Trinajstić information content (AvgIpc) is 1.86. The molecule has 62 valence electrons. The van der Waals surface area contributed by atoms with Gasteiger partial charge in [0, 0.05) is 0 Å². The van der Waals surface area contributed by atoms with Crippen LogP contribution in [0.2, 0.25) is 0 Å². The van der Waals surface area contributed by atoms with E-state index in [-0.39, 0.29) is 25.7 Å². The van der Waals surface area contributed by atoms with E-state index in [2.05, 4.69) is 20.8 Å². The Morgan fingerprint density at radius 2 is 1.50 bits per heavy atom. The molecule has 0 saturated heterocycles. The molecule has 0 saturated carbocycles. The van der Waals surface area contributed by atoms with Crippen molar-refractivity contribution in [2.24, 2.45) is 0 Å². The Bertz CT molecular complexity index is 238. The summed E-state index contributed by atoms with van der Waals surface area (Å²) in [6.45, 7) is 6.46. The van der Waals surface area contributed by atoms with E-state index in [0.29, 0.717) is 5.75 Å². The van der Waals surface area contributed by atoms with E-state index in [1.54, 1.807) is 12.1 Å². The Balaban J connectivity index is 0. The minimum atomic E-state index is 0. The summed E-state index contributed by atoms with van der Waals surface area (Å²) in [5.74, 6) is 0.331. The smallest absolute Gasteiger partial charge is 1.00 e. The Morgan fingerprint density at radius 1 is 1.08 bits per heavy atom. The van der Waals surface area contributed by atoms with E-state index < -0.39 is 0 Å². The predicted octanol–water partition coefficient (Wildman–Crippen LogP) is -0.194. The average molecular weight is 158 g/mol. The molecule has 0 aliphatic rings. The second kappa shape index (κ2) is 4.03. The van der Waals surface area contributed by atoms with Crippen LogP contribution in [0.25, 0.3) is 0 Å². The molecule has 0 radical (unpaired) electrons. The van der Waals surface area contributed by atoms with E-state index in [4.69, 9.17) is 5.11 Å². The van der Waals surface area contributed by atoms with Crippen molar-refractivity contribution >= 4 is 0 Å². The summed E-state index contributed by atoms with van der Waals surface area (Å²) in [7, 11) is 0. The van der Waals surface area contributed by atoms with Gasteiger partial charge in [0.2, 0.25) is 0 Å². The van der Waals surface area contributed by atoms with Crippen LogP contribution < -0.4 is 18.9 Å². The molecule has 0 heterocycles. The molecule has 0 fully saturated rings. The largest absolute Gasteiger partial charge is 1.00 e.